The number of amides is 1. The number of hydrogen-bond acceptors (Lipinski definition) is 6. The number of rotatable bonds is 6. The summed E-state index contributed by atoms with van der Waals surface area (Å²) in [6.07, 6.45) is 1.06. The minimum absolute atomic E-state index is 0.0796. The number of sulfonamides is 1. The Morgan fingerprint density at radius 3 is 2.35 bits per heavy atom. The summed E-state index contributed by atoms with van der Waals surface area (Å²) in [7, 11) is -3.85. The minimum atomic E-state index is -3.85. The summed E-state index contributed by atoms with van der Waals surface area (Å²) in [4.78, 5) is 16.5. The SMILES string of the molecule is N#CC1(C(=O)Nc2cccc(NS(=O)(=O)c3ccc(-c4cccc(N)n4)cc3)c2)CC1. The molecule has 9 heteroatoms. The van der Waals surface area contributed by atoms with Crippen molar-refractivity contribution in [2.45, 2.75) is 17.7 Å². The topological polar surface area (TPSA) is 138 Å². The third-order valence-electron chi connectivity index (χ3n) is 5.00. The van der Waals surface area contributed by atoms with Gasteiger partial charge in [-0.1, -0.05) is 24.3 Å². The molecule has 1 aliphatic rings. The Balaban J connectivity index is 1.50. The number of hydrogen-bond donors (Lipinski definition) is 3. The predicted molar refractivity (Wildman–Crippen MR) is 117 cm³/mol. The molecule has 0 unspecified atom stereocenters. The number of nitrogens with one attached hydrogen (secondary N) is 2. The average molecular weight is 433 g/mol. The van der Waals surface area contributed by atoms with Crippen LogP contribution in [-0.2, 0) is 14.8 Å². The summed E-state index contributed by atoms with van der Waals surface area (Å²) in [6.45, 7) is 0. The third kappa shape index (κ3) is 4.34. The van der Waals surface area contributed by atoms with Crippen LogP contribution in [0.4, 0.5) is 17.2 Å². The molecule has 0 bridgehead atoms. The maximum Gasteiger partial charge on any atom is 0.261 e. The zero-order valence-corrected chi connectivity index (χ0v) is 17.2. The van der Waals surface area contributed by atoms with Gasteiger partial charge in [-0.2, -0.15) is 5.26 Å². The van der Waals surface area contributed by atoms with Crippen LogP contribution in [0.3, 0.4) is 0 Å². The number of carbonyl (C=O) groups excluding carboxylic acids is 1. The largest absolute Gasteiger partial charge is 0.384 e. The fourth-order valence-corrected chi connectivity index (χ4v) is 4.11. The second-order valence-electron chi connectivity index (χ2n) is 7.31. The monoisotopic (exact) mass is 433 g/mol. The van der Waals surface area contributed by atoms with Crippen LogP contribution in [0, 0.1) is 16.7 Å². The van der Waals surface area contributed by atoms with E-state index >= 15 is 0 Å². The first-order chi connectivity index (χ1) is 14.8. The molecule has 31 heavy (non-hydrogen) atoms. The Morgan fingerprint density at radius 1 is 1.03 bits per heavy atom. The Bertz CT molecular complexity index is 1290. The third-order valence-corrected chi connectivity index (χ3v) is 6.40. The van der Waals surface area contributed by atoms with Crippen LogP contribution in [0.2, 0.25) is 0 Å². The molecule has 1 aliphatic carbocycles. The van der Waals surface area contributed by atoms with E-state index in [0.717, 1.165) is 5.56 Å². The van der Waals surface area contributed by atoms with Gasteiger partial charge in [0.15, 0.2) is 0 Å². The van der Waals surface area contributed by atoms with Crippen LogP contribution in [0.1, 0.15) is 12.8 Å². The fourth-order valence-electron chi connectivity index (χ4n) is 3.06. The van der Waals surface area contributed by atoms with E-state index in [1.807, 2.05) is 6.07 Å². The van der Waals surface area contributed by atoms with Gasteiger partial charge in [-0.25, -0.2) is 13.4 Å². The molecule has 2 aromatic carbocycles. The summed E-state index contributed by atoms with van der Waals surface area (Å²) >= 11 is 0. The molecule has 0 aliphatic heterocycles. The molecular weight excluding hydrogens is 414 g/mol. The molecule has 156 valence electrons. The number of nitrogens with two attached hydrogens (primary N) is 1. The molecule has 1 heterocycles. The fraction of sp³-hybridized carbons (Fsp3) is 0.136. The molecule has 4 N–H and O–H groups in total. The van der Waals surface area contributed by atoms with E-state index in [-0.39, 0.29) is 10.8 Å². The van der Waals surface area contributed by atoms with Crippen molar-refractivity contribution in [3.63, 3.8) is 0 Å². The van der Waals surface area contributed by atoms with Gasteiger partial charge >= 0.3 is 0 Å². The minimum Gasteiger partial charge on any atom is -0.384 e. The highest BCUT2D eigenvalue weighted by atomic mass is 32.2. The molecule has 3 aromatic rings. The van der Waals surface area contributed by atoms with Crippen LogP contribution < -0.4 is 15.8 Å². The molecule has 0 radical (unpaired) electrons. The lowest BCUT2D eigenvalue weighted by Gasteiger charge is -2.12. The van der Waals surface area contributed by atoms with Gasteiger partial charge in [0.1, 0.15) is 11.2 Å². The van der Waals surface area contributed by atoms with Crippen molar-refractivity contribution in [1.82, 2.24) is 4.98 Å². The van der Waals surface area contributed by atoms with Crippen molar-refractivity contribution in [3.05, 3.63) is 66.7 Å². The van der Waals surface area contributed by atoms with Gasteiger partial charge in [0.05, 0.1) is 22.3 Å². The second kappa shape index (κ2) is 7.74. The van der Waals surface area contributed by atoms with E-state index in [0.29, 0.717) is 35.7 Å². The van der Waals surface area contributed by atoms with Crippen molar-refractivity contribution in [2.75, 3.05) is 15.8 Å². The number of anilines is 3. The molecule has 0 atom stereocenters. The maximum atomic E-state index is 12.8. The number of benzene rings is 2. The first-order valence-electron chi connectivity index (χ1n) is 9.50. The van der Waals surface area contributed by atoms with Gasteiger partial charge in [-0.15, -0.1) is 0 Å². The standard InChI is InChI=1S/C22H19N5O3S/c23-14-22(11-12-22)21(28)25-16-3-1-4-17(13-16)27-31(29,30)18-9-7-15(8-10-18)19-5-2-6-20(24)26-19/h1-10,13,27H,11-12H2,(H2,24,26)(H,25,28). The van der Waals surface area contributed by atoms with Gasteiger partial charge in [0, 0.05) is 11.3 Å². The van der Waals surface area contributed by atoms with E-state index < -0.39 is 15.4 Å². The first-order valence-corrected chi connectivity index (χ1v) is 11.0. The number of pyridine rings is 1. The lowest BCUT2D eigenvalue weighted by molar-refractivity contribution is -0.119. The van der Waals surface area contributed by atoms with Crippen LogP contribution in [-0.4, -0.2) is 19.3 Å². The smallest absolute Gasteiger partial charge is 0.261 e. The van der Waals surface area contributed by atoms with E-state index in [4.69, 9.17) is 11.0 Å². The highest BCUT2D eigenvalue weighted by molar-refractivity contribution is 7.92. The van der Waals surface area contributed by atoms with Gasteiger partial charge in [0.2, 0.25) is 5.91 Å². The summed E-state index contributed by atoms with van der Waals surface area (Å²) in [5.74, 6) is 0.00553. The number of nitrogens with zero attached hydrogens (tertiary/aromatic N) is 2. The summed E-state index contributed by atoms with van der Waals surface area (Å²) in [5.41, 5.74) is 6.82. The van der Waals surface area contributed by atoms with Gasteiger partial charge in [0.25, 0.3) is 10.0 Å². The zero-order chi connectivity index (χ0) is 22.1. The highest BCUT2D eigenvalue weighted by Crippen LogP contribution is 2.45. The van der Waals surface area contributed by atoms with Crippen LogP contribution in [0.15, 0.2) is 71.6 Å². The van der Waals surface area contributed by atoms with E-state index in [1.165, 1.54) is 18.2 Å². The molecular formula is C22H19N5O3S. The lowest BCUT2D eigenvalue weighted by atomic mass is 10.1. The van der Waals surface area contributed by atoms with E-state index in [1.54, 1.807) is 48.5 Å². The first kappa shape index (κ1) is 20.4. The van der Waals surface area contributed by atoms with Crippen molar-refractivity contribution < 1.29 is 13.2 Å². The van der Waals surface area contributed by atoms with Crippen LogP contribution in [0.25, 0.3) is 11.3 Å². The lowest BCUT2D eigenvalue weighted by Crippen LogP contribution is -2.22. The number of aromatic nitrogens is 1. The Hall–Kier alpha value is -3.90. The molecule has 1 fully saturated rings. The van der Waals surface area contributed by atoms with Crippen LogP contribution >= 0.6 is 0 Å². The number of carbonyl (C=O) groups is 1. The Morgan fingerprint density at radius 2 is 1.71 bits per heavy atom. The number of nitrogen functional groups attached to an aromatic ring is 1. The molecule has 8 nitrogen and oxygen atoms in total. The average Bonchev–Trinajstić information content (AvgIpc) is 3.55. The summed E-state index contributed by atoms with van der Waals surface area (Å²) in [6, 6.07) is 19.9. The molecule has 1 amide bonds. The quantitative estimate of drug-likeness (QED) is 0.545. The van der Waals surface area contributed by atoms with Crippen LogP contribution in [0.5, 0.6) is 0 Å². The van der Waals surface area contributed by atoms with Crippen molar-refractivity contribution >= 4 is 33.1 Å². The van der Waals surface area contributed by atoms with Gasteiger partial charge in [-0.3, -0.25) is 9.52 Å². The van der Waals surface area contributed by atoms with E-state index in [9.17, 15) is 13.2 Å². The van der Waals surface area contributed by atoms with Crippen molar-refractivity contribution in [1.29, 1.82) is 5.26 Å². The molecule has 0 spiro atoms. The summed E-state index contributed by atoms with van der Waals surface area (Å²) in [5, 5.41) is 11.8. The Labute approximate surface area is 179 Å². The Kier molecular flexibility index (Phi) is 5.09. The highest BCUT2D eigenvalue weighted by Gasteiger charge is 2.50. The normalized spacial score (nSPS) is 14.3. The molecule has 1 saturated carbocycles. The van der Waals surface area contributed by atoms with E-state index in [2.05, 4.69) is 15.0 Å². The van der Waals surface area contributed by atoms with Gasteiger partial charge in [-0.05, 0) is 55.3 Å². The van der Waals surface area contributed by atoms with Gasteiger partial charge < -0.3 is 11.1 Å². The molecule has 4 rings (SSSR count). The molecule has 1 aromatic heterocycles. The zero-order valence-electron chi connectivity index (χ0n) is 16.4. The predicted octanol–water partition coefficient (Wildman–Crippen LogP) is 3.37. The van der Waals surface area contributed by atoms with Crippen molar-refractivity contribution in [2.24, 2.45) is 5.41 Å². The second-order valence-corrected chi connectivity index (χ2v) is 8.99. The maximum absolute atomic E-state index is 12.8. The molecule has 0 saturated heterocycles. The summed E-state index contributed by atoms with van der Waals surface area (Å²) < 4.78 is 28.1. The number of nitriles is 1. The van der Waals surface area contributed by atoms with Crippen molar-refractivity contribution in [3.8, 4) is 17.3 Å².